The van der Waals surface area contributed by atoms with Gasteiger partial charge in [0.05, 0.1) is 12.0 Å². The molecule has 3 rings (SSSR count). The fraction of sp³-hybridized carbons (Fsp3) is 0.647. The number of piperazine rings is 1. The SMILES string of the molecule is OCCN1CCN(CC(Cl)c2ccc3c(c2)CCC3)CC1. The van der Waals surface area contributed by atoms with Crippen molar-refractivity contribution in [3.05, 3.63) is 34.9 Å². The Balaban J connectivity index is 1.53. The third-order valence-corrected chi connectivity index (χ3v) is 5.17. The van der Waals surface area contributed by atoms with Crippen LogP contribution >= 0.6 is 11.6 Å². The molecule has 0 bridgehead atoms. The third kappa shape index (κ3) is 3.78. The van der Waals surface area contributed by atoms with Crippen LogP contribution in [-0.2, 0) is 12.8 Å². The summed E-state index contributed by atoms with van der Waals surface area (Å²) in [6.45, 7) is 6.15. The predicted molar refractivity (Wildman–Crippen MR) is 87.0 cm³/mol. The Morgan fingerprint density at radius 3 is 2.52 bits per heavy atom. The van der Waals surface area contributed by atoms with Crippen LogP contribution < -0.4 is 0 Å². The Kier molecular flexibility index (Phi) is 5.17. The Labute approximate surface area is 132 Å². The highest BCUT2D eigenvalue weighted by Crippen LogP contribution is 2.28. The molecule has 2 aliphatic rings. The Morgan fingerprint density at radius 2 is 1.76 bits per heavy atom. The van der Waals surface area contributed by atoms with Crippen molar-refractivity contribution < 1.29 is 5.11 Å². The summed E-state index contributed by atoms with van der Waals surface area (Å²) in [6.07, 6.45) is 3.74. The van der Waals surface area contributed by atoms with Crippen molar-refractivity contribution in [2.24, 2.45) is 0 Å². The van der Waals surface area contributed by atoms with Crippen molar-refractivity contribution in [3.63, 3.8) is 0 Å². The van der Waals surface area contributed by atoms with E-state index in [9.17, 15) is 0 Å². The molecule has 0 saturated carbocycles. The maximum Gasteiger partial charge on any atom is 0.0712 e. The molecule has 1 heterocycles. The number of fused-ring (bicyclic) bond motifs is 1. The van der Waals surface area contributed by atoms with Crippen LogP contribution in [0.3, 0.4) is 0 Å². The first-order chi connectivity index (χ1) is 10.3. The zero-order valence-corrected chi connectivity index (χ0v) is 13.4. The number of hydrogen-bond acceptors (Lipinski definition) is 3. The summed E-state index contributed by atoms with van der Waals surface area (Å²) < 4.78 is 0. The summed E-state index contributed by atoms with van der Waals surface area (Å²) in [7, 11) is 0. The van der Waals surface area contributed by atoms with E-state index in [1.165, 1.54) is 36.0 Å². The summed E-state index contributed by atoms with van der Waals surface area (Å²) in [5.41, 5.74) is 4.29. The van der Waals surface area contributed by atoms with Gasteiger partial charge in [-0.2, -0.15) is 0 Å². The highest BCUT2D eigenvalue weighted by atomic mass is 35.5. The van der Waals surface area contributed by atoms with Gasteiger partial charge < -0.3 is 5.11 Å². The van der Waals surface area contributed by atoms with E-state index in [4.69, 9.17) is 16.7 Å². The van der Waals surface area contributed by atoms with E-state index >= 15 is 0 Å². The van der Waals surface area contributed by atoms with E-state index in [-0.39, 0.29) is 12.0 Å². The lowest BCUT2D eigenvalue weighted by Gasteiger charge is -2.35. The molecule has 3 nitrogen and oxygen atoms in total. The topological polar surface area (TPSA) is 26.7 Å². The number of alkyl halides is 1. The summed E-state index contributed by atoms with van der Waals surface area (Å²) in [5, 5.41) is 9.06. The fourth-order valence-electron chi connectivity index (χ4n) is 3.46. The van der Waals surface area contributed by atoms with E-state index in [1.807, 2.05) is 0 Å². The van der Waals surface area contributed by atoms with Gasteiger partial charge in [-0.25, -0.2) is 0 Å². The van der Waals surface area contributed by atoms with Gasteiger partial charge in [-0.05, 0) is 36.0 Å². The molecule has 1 aliphatic carbocycles. The lowest BCUT2D eigenvalue weighted by molar-refractivity contribution is 0.112. The molecule has 1 fully saturated rings. The van der Waals surface area contributed by atoms with Crippen molar-refractivity contribution in [2.45, 2.75) is 24.6 Å². The monoisotopic (exact) mass is 308 g/mol. The second-order valence-corrected chi connectivity index (χ2v) is 6.74. The van der Waals surface area contributed by atoms with Gasteiger partial charge in [-0.3, -0.25) is 9.80 Å². The molecule has 1 N–H and O–H groups in total. The summed E-state index contributed by atoms with van der Waals surface area (Å²) >= 11 is 6.64. The summed E-state index contributed by atoms with van der Waals surface area (Å²) in [5.74, 6) is 0. The smallest absolute Gasteiger partial charge is 0.0712 e. The molecule has 0 amide bonds. The third-order valence-electron chi connectivity index (χ3n) is 4.78. The molecule has 116 valence electrons. The average Bonchev–Trinajstić information content (AvgIpc) is 2.97. The minimum Gasteiger partial charge on any atom is -0.395 e. The molecule has 0 radical (unpaired) electrons. The highest BCUT2D eigenvalue weighted by molar-refractivity contribution is 6.21. The summed E-state index contributed by atoms with van der Waals surface area (Å²) in [4.78, 5) is 4.76. The number of aryl methyl sites for hydroxylation is 2. The molecule has 1 saturated heterocycles. The number of rotatable bonds is 5. The zero-order valence-electron chi connectivity index (χ0n) is 12.6. The number of aliphatic hydroxyl groups is 1. The predicted octanol–water partition coefficient (Wildman–Crippen LogP) is 2.07. The molecular weight excluding hydrogens is 284 g/mol. The molecule has 1 aromatic carbocycles. The van der Waals surface area contributed by atoms with Gasteiger partial charge in [0.1, 0.15) is 0 Å². The van der Waals surface area contributed by atoms with Crippen molar-refractivity contribution in [3.8, 4) is 0 Å². The van der Waals surface area contributed by atoms with Crippen LogP contribution in [0.5, 0.6) is 0 Å². The van der Waals surface area contributed by atoms with Crippen molar-refractivity contribution in [2.75, 3.05) is 45.9 Å². The van der Waals surface area contributed by atoms with E-state index in [0.717, 1.165) is 39.3 Å². The molecule has 0 aromatic heterocycles. The molecule has 4 heteroatoms. The fourth-order valence-corrected chi connectivity index (χ4v) is 3.79. The van der Waals surface area contributed by atoms with Crippen LogP contribution in [0.4, 0.5) is 0 Å². The van der Waals surface area contributed by atoms with E-state index in [2.05, 4.69) is 28.0 Å². The van der Waals surface area contributed by atoms with Gasteiger partial charge >= 0.3 is 0 Å². The van der Waals surface area contributed by atoms with Crippen LogP contribution in [0.25, 0.3) is 0 Å². The van der Waals surface area contributed by atoms with Crippen molar-refractivity contribution in [1.29, 1.82) is 0 Å². The van der Waals surface area contributed by atoms with E-state index in [1.54, 1.807) is 0 Å². The molecule has 1 aromatic rings. The maximum absolute atomic E-state index is 8.98. The second kappa shape index (κ2) is 7.10. The second-order valence-electron chi connectivity index (χ2n) is 6.22. The van der Waals surface area contributed by atoms with Crippen molar-refractivity contribution in [1.82, 2.24) is 9.80 Å². The van der Waals surface area contributed by atoms with Crippen molar-refractivity contribution >= 4 is 11.6 Å². The number of nitrogens with zero attached hydrogens (tertiary/aromatic N) is 2. The Bertz CT molecular complexity index is 472. The van der Waals surface area contributed by atoms with Gasteiger partial charge in [-0.1, -0.05) is 18.2 Å². The number of aliphatic hydroxyl groups excluding tert-OH is 1. The van der Waals surface area contributed by atoms with Gasteiger partial charge in [-0.15, -0.1) is 11.6 Å². The van der Waals surface area contributed by atoms with Gasteiger partial charge in [0.15, 0.2) is 0 Å². The average molecular weight is 309 g/mol. The largest absolute Gasteiger partial charge is 0.395 e. The van der Waals surface area contributed by atoms with Crippen LogP contribution in [0.1, 0.15) is 28.5 Å². The number of benzene rings is 1. The van der Waals surface area contributed by atoms with Crippen LogP contribution in [0.2, 0.25) is 0 Å². The standard InChI is InChI=1S/C17H25ClN2O/c18-17(13-20-8-6-19(7-9-20)10-11-21)16-5-4-14-2-1-3-15(14)12-16/h4-5,12,17,21H,1-3,6-11,13H2. The van der Waals surface area contributed by atoms with Crippen LogP contribution in [0, 0.1) is 0 Å². The number of halogens is 1. The molecule has 0 spiro atoms. The molecule has 1 aliphatic heterocycles. The molecule has 1 atom stereocenters. The first-order valence-electron chi connectivity index (χ1n) is 8.07. The van der Waals surface area contributed by atoms with Gasteiger partial charge in [0.25, 0.3) is 0 Å². The van der Waals surface area contributed by atoms with Crippen LogP contribution in [-0.4, -0.2) is 60.8 Å². The zero-order chi connectivity index (χ0) is 14.7. The lowest BCUT2D eigenvalue weighted by atomic mass is 10.0. The van der Waals surface area contributed by atoms with Gasteiger partial charge in [0.2, 0.25) is 0 Å². The van der Waals surface area contributed by atoms with E-state index < -0.39 is 0 Å². The maximum atomic E-state index is 8.98. The lowest BCUT2D eigenvalue weighted by Crippen LogP contribution is -2.47. The number of β-amino-alcohol motifs (C(OH)–C–C–N with tert-alkyl or cyclic N) is 1. The molecule has 21 heavy (non-hydrogen) atoms. The Morgan fingerprint density at radius 1 is 1.05 bits per heavy atom. The quantitative estimate of drug-likeness (QED) is 0.844. The summed E-state index contributed by atoms with van der Waals surface area (Å²) in [6, 6.07) is 6.80. The Hall–Kier alpha value is -0.610. The van der Waals surface area contributed by atoms with Gasteiger partial charge in [0, 0.05) is 39.3 Å². The highest BCUT2D eigenvalue weighted by Gasteiger charge is 2.20. The first kappa shape index (κ1) is 15.3. The minimum absolute atomic E-state index is 0.0836. The first-order valence-corrected chi connectivity index (χ1v) is 8.51. The van der Waals surface area contributed by atoms with E-state index in [0.29, 0.717) is 0 Å². The normalized spacial score (nSPS) is 21.4. The van der Waals surface area contributed by atoms with Crippen LogP contribution in [0.15, 0.2) is 18.2 Å². The molecule has 1 unspecified atom stereocenters. The number of hydrogen-bond donors (Lipinski definition) is 1. The minimum atomic E-state index is 0.0836. The molecular formula is C17H25ClN2O.